The van der Waals surface area contributed by atoms with Gasteiger partial charge < -0.3 is 4.74 Å². The number of benzene rings is 3. The monoisotopic (exact) mass is 398 g/mol. The minimum atomic E-state index is -0.297. The lowest BCUT2D eigenvalue weighted by Gasteiger charge is -2.16. The van der Waals surface area contributed by atoms with Crippen molar-refractivity contribution in [3.05, 3.63) is 107 Å². The van der Waals surface area contributed by atoms with Gasteiger partial charge in [0.05, 0.1) is 0 Å². The third-order valence-corrected chi connectivity index (χ3v) is 4.93. The molecule has 1 atom stereocenters. The summed E-state index contributed by atoms with van der Waals surface area (Å²) < 4.78 is 5.90. The Morgan fingerprint density at radius 1 is 0.933 bits per heavy atom. The summed E-state index contributed by atoms with van der Waals surface area (Å²) in [6, 6.07) is 27.1. The number of ketones is 1. The number of Topliss-reactive ketones (excluding diaryl/α,β-unsaturated/α-hetero) is 1. The Morgan fingerprint density at radius 2 is 1.70 bits per heavy atom. The fourth-order valence-electron chi connectivity index (χ4n) is 3.38. The van der Waals surface area contributed by atoms with Gasteiger partial charge in [0.15, 0.2) is 11.6 Å². The number of rotatable bonds is 9. The number of aryl methyl sites for hydroxylation is 1. The van der Waals surface area contributed by atoms with Gasteiger partial charge in [0.2, 0.25) is 0 Å². The largest absolute Gasteiger partial charge is 0.489 e. The van der Waals surface area contributed by atoms with Crippen molar-refractivity contribution < 1.29 is 9.53 Å². The highest BCUT2D eigenvalue weighted by Crippen LogP contribution is 2.27. The van der Waals surface area contributed by atoms with E-state index in [9.17, 15) is 4.79 Å². The maximum absolute atomic E-state index is 13.4. The maximum Gasteiger partial charge on any atom is 0.174 e. The molecule has 1 unspecified atom stereocenters. The summed E-state index contributed by atoms with van der Waals surface area (Å²) in [6.07, 6.45) is 1.16. The summed E-state index contributed by atoms with van der Waals surface area (Å²) in [5, 5.41) is 14.1. The molecule has 4 rings (SSSR count). The highest BCUT2D eigenvalue weighted by atomic mass is 16.5. The first-order valence-electron chi connectivity index (χ1n) is 9.88. The summed E-state index contributed by atoms with van der Waals surface area (Å²) in [4.78, 5) is 13.4. The van der Waals surface area contributed by atoms with Crippen molar-refractivity contribution in [2.75, 3.05) is 0 Å². The molecule has 0 saturated heterocycles. The minimum absolute atomic E-state index is 0.0508. The van der Waals surface area contributed by atoms with E-state index in [0.717, 1.165) is 11.1 Å². The Bertz CT molecular complexity index is 1070. The fourth-order valence-corrected chi connectivity index (χ4v) is 3.38. The Balaban J connectivity index is 1.51. The van der Waals surface area contributed by atoms with Crippen LogP contribution in [0.5, 0.6) is 5.75 Å². The van der Waals surface area contributed by atoms with E-state index in [1.807, 2.05) is 84.9 Å². The number of aromatic nitrogens is 4. The Morgan fingerprint density at radius 3 is 2.43 bits per heavy atom. The lowest BCUT2D eigenvalue weighted by molar-refractivity contribution is 0.0954. The van der Waals surface area contributed by atoms with Gasteiger partial charge in [0, 0.05) is 17.9 Å². The normalized spacial score (nSPS) is 11.7. The molecule has 0 bridgehead atoms. The summed E-state index contributed by atoms with van der Waals surface area (Å²) in [6.45, 7) is 0.457. The summed E-state index contributed by atoms with van der Waals surface area (Å²) in [5.74, 6) is 1.03. The number of hydrogen-bond acceptors (Lipinski definition) is 5. The van der Waals surface area contributed by atoms with Crippen LogP contribution in [0.15, 0.2) is 84.9 Å². The molecule has 1 N–H and O–H groups in total. The molecule has 0 fully saturated rings. The number of aromatic amines is 1. The number of ether oxygens (including phenoxy) is 1. The SMILES string of the molecule is O=C(c1cccc(OCc2ccccc2)c1)C(CCc1nn[nH]n1)c1ccccc1. The van der Waals surface area contributed by atoms with Crippen LogP contribution in [0.4, 0.5) is 0 Å². The highest BCUT2D eigenvalue weighted by molar-refractivity contribution is 6.01. The Hall–Kier alpha value is -3.80. The molecule has 6 nitrogen and oxygen atoms in total. The first kappa shape index (κ1) is 19.5. The van der Waals surface area contributed by atoms with Crippen molar-refractivity contribution in [3.63, 3.8) is 0 Å². The van der Waals surface area contributed by atoms with Gasteiger partial charge in [-0.05, 0) is 29.7 Å². The molecule has 30 heavy (non-hydrogen) atoms. The molecule has 150 valence electrons. The number of nitrogens with zero attached hydrogens (tertiary/aromatic N) is 3. The summed E-state index contributed by atoms with van der Waals surface area (Å²) in [7, 11) is 0. The number of carbonyl (C=O) groups excluding carboxylic acids is 1. The van der Waals surface area contributed by atoms with Gasteiger partial charge in [0.1, 0.15) is 12.4 Å². The van der Waals surface area contributed by atoms with Crippen LogP contribution in [0.2, 0.25) is 0 Å². The van der Waals surface area contributed by atoms with Crippen molar-refractivity contribution in [3.8, 4) is 5.75 Å². The van der Waals surface area contributed by atoms with E-state index in [4.69, 9.17) is 4.74 Å². The quantitative estimate of drug-likeness (QED) is 0.423. The van der Waals surface area contributed by atoms with Crippen LogP contribution >= 0.6 is 0 Å². The Kier molecular flexibility index (Phi) is 6.25. The van der Waals surface area contributed by atoms with Gasteiger partial charge in [-0.15, -0.1) is 10.2 Å². The molecule has 0 aliphatic heterocycles. The number of hydrogen-bond donors (Lipinski definition) is 1. The van der Waals surface area contributed by atoms with Crippen LogP contribution in [0.1, 0.15) is 39.6 Å². The predicted molar refractivity (Wildman–Crippen MR) is 113 cm³/mol. The number of tetrazole rings is 1. The van der Waals surface area contributed by atoms with Crippen molar-refractivity contribution in [2.24, 2.45) is 0 Å². The molecular formula is C24H22N4O2. The molecule has 3 aromatic carbocycles. The van der Waals surface area contributed by atoms with Crippen LogP contribution in [-0.2, 0) is 13.0 Å². The molecule has 6 heteroatoms. The number of H-pyrrole nitrogens is 1. The molecule has 1 heterocycles. The average molecular weight is 398 g/mol. The number of nitrogens with one attached hydrogen (secondary N) is 1. The van der Waals surface area contributed by atoms with E-state index in [0.29, 0.717) is 36.6 Å². The van der Waals surface area contributed by atoms with Crippen molar-refractivity contribution in [1.82, 2.24) is 20.6 Å². The molecular weight excluding hydrogens is 376 g/mol. The van der Waals surface area contributed by atoms with Crippen LogP contribution in [0.3, 0.4) is 0 Å². The highest BCUT2D eigenvalue weighted by Gasteiger charge is 2.23. The number of carbonyl (C=O) groups is 1. The topological polar surface area (TPSA) is 80.8 Å². The average Bonchev–Trinajstić information content (AvgIpc) is 3.33. The van der Waals surface area contributed by atoms with Gasteiger partial charge in [-0.3, -0.25) is 4.79 Å². The zero-order chi connectivity index (χ0) is 20.6. The summed E-state index contributed by atoms with van der Waals surface area (Å²) >= 11 is 0. The molecule has 0 saturated carbocycles. The van der Waals surface area contributed by atoms with E-state index in [-0.39, 0.29) is 11.7 Å². The molecule has 1 aromatic heterocycles. The zero-order valence-corrected chi connectivity index (χ0v) is 16.4. The lowest BCUT2D eigenvalue weighted by atomic mass is 9.87. The van der Waals surface area contributed by atoms with E-state index >= 15 is 0 Å². The van der Waals surface area contributed by atoms with Crippen LogP contribution in [-0.4, -0.2) is 26.4 Å². The van der Waals surface area contributed by atoms with E-state index in [2.05, 4.69) is 20.6 Å². The fraction of sp³-hybridized carbons (Fsp3) is 0.167. The van der Waals surface area contributed by atoms with Crippen molar-refractivity contribution in [2.45, 2.75) is 25.4 Å². The van der Waals surface area contributed by atoms with Crippen molar-refractivity contribution >= 4 is 5.78 Å². The first-order valence-corrected chi connectivity index (χ1v) is 9.88. The second kappa shape index (κ2) is 9.60. The van der Waals surface area contributed by atoms with Gasteiger partial charge in [-0.25, -0.2) is 0 Å². The van der Waals surface area contributed by atoms with Crippen LogP contribution in [0, 0.1) is 0 Å². The third kappa shape index (κ3) is 4.97. The zero-order valence-electron chi connectivity index (χ0n) is 16.4. The molecule has 0 amide bonds. The molecule has 0 aliphatic rings. The van der Waals surface area contributed by atoms with Crippen LogP contribution < -0.4 is 4.74 Å². The smallest absolute Gasteiger partial charge is 0.174 e. The summed E-state index contributed by atoms with van der Waals surface area (Å²) in [5.41, 5.74) is 2.68. The minimum Gasteiger partial charge on any atom is -0.489 e. The maximum atomic E-state index is 13.4. The molecule has 0 spiro atoms. The molecule has 0 aliphatic carbocycles. The third-order valence-electron chi connectivity index (χ3n) is 4.93. The first-order chi connectivity index (χ1) is 14.8. The van der Waals surface area contributed by atoms with Gasteiger partial charge in [0.25, 0.3) is 0 Å². The van der Waals surface area contributed by atoms with E-state index in [1.165, 1.54) is 0 Å². The van der Waals surface area contributed by atoms with Crippen molar-refractivity contribution in [1.29, 1.82) is 0 Å². The molecule has 0 radical (unpaired) electrons. The lowest BCUT2D eigenvalue weighted by Crippen LogP contribution is -2.14. The second-order valence-corrected chi connectivity index (χ2v) is 7.00. The van der Waals surface area contributed by atoms with E-state index in [1.54, 1.807) is 0 Å². The van der Waals surface area contributed by atoms with E-state index < -0.39 is 0 Å². The molecule has 4 aromatic rings. The predicted octanol–water partition coefficient (Wildman–Crippen LogP) is 4.38. The van der Waals surface area contributed by atoms with Gasteiger partial charge in [-0.2, -0.15) is 5.21 Å². The standard InChI is InChI=1S/C24H22N4O2/c29-24(20-12-7-13-21(16-20)30-17-18-8-3-1-4-9-18)22(19-10-5-2-6-11-19)14-15-23-25-27-28-26-23/h1-13,16,22H,14-15,17H2,(H,25,26,27,28). The van der Waals surface area contributed by atoms with Gasteiger partial charge >= 0.3 is 0 Å². The second-order valence-electron chi connectivity index (χ2n) is 7.00. The van der Waals surface area contributed by atoms with Gasteiger partial charge in [-0.1, -0.05) is 78.0 Å². The Labute approximate surface area is 174 Å². The van der Waals surface area contributed by atoms with Crippen LogP contribution in [0.25, 0.3) is 0 Å².